The van der Waals surface area contributed by atoms with Gasteiger partial charge in [0.15, 0.2) is 6.10 Å². The lowest BCUT2D eigenvalue weighted by molar-refractivity contribution is -0.126. The molecular weight excluding hydrogens is 270 g/mol. The third kappa shape index (κ3) is 5.07. The fourth-order valence-electron chi connectivity index (χ4n) is 1.78. The lowest BCUT2D eigenvalue weighted by Gasteiger charge is -2.19. The molecule has 2 atom stereocenters. The minimum atomic E-state index is -0.794. The molecule has 1 rings (SSSR count). The molecule has 0 aliphatic carbocycles. The summed E-state index contributed by atoms with van der Waals surface area (Å²) < 4.78 is 5.64. The van der Waals surface area contributed by atoms with Crippen LogP contribution in [0.4, 0.5) is 4.79 Å². The van der Waals surface area contributed by atoms with Crippen molar-refractivity contribution in [2.45, 2.75) is 39.3 Å². The molecule has 6 heteroatoms. The van der Waals surface area contributed by atoms with E-state index >= 15 is 0 Å². The second kappa shape index (κ2) is 8.26. The van der Waals surface area contributed by atoms with Crippen LogP contribution in [-0.4, -0.2) is 24.6 Å². The summed E-state index contributed by atoms with van der Waals surface area (Å²) in [6.07, 6.45) is -0.0299. The molecule has 4 N–H and O–H groups in total. The third-order valence-corrected chi connectivity index (χ3v) is 3.01. The highest BCUT2D eigenvalue weighted by Crippen LogP contribution is 2.26. The molecule has 1 unspecified atom stereocenters. The number of urea groups is 1. The van der Waals surface area contributed by atoms with Gasteiger partial charge < -0.3 is 15.8 Å². The predicted octanol–water partition coefficient (Wildman–Crippen LogP) is 1.71. The Balaban J connectivity index is 2.72. The molecule has 6 nitrogen and oxygen atoms in total. The summed E-state index contributed by atoms with van der Waals surface area (Å²) in [6.45, 7) is 5.78. The first kappa shape index (κ1) is 17.0. The topological polar surface area (TPSA) is 93.5 Å². The minimum absolute atomic E-state index is 0.153. The second-order valence-electron chi connectivity index (χ2n) is 4.66. The molecule has 1 aromatic rings. The molecule has 21 heavy (non-hydrogen) atoms. The smallest absolute Gasteiger partial charge is 0.321 e. The van der Waals surface area contributed by atoms with E-state index in [1.165, 1.54) is 0 Å². The van der Waals surface area contributed by atoms with Crippen LogP contribution in [0.3, 0.4) is 0 Å². The molecule has 0 bridgehead atoms. The van der Waals surface area contributed by atoms with Gasteiger partial charge in [0.25, 0.3) is 5.91 Å². The van der Waals surface area contributed by atoms with Crippen molar-refractivity contribution in [1.82, 2.24) is 10.6 Å². The fraction of sp³-hybridized carbons (Fsp3) is 0.467. The Morgan fingerprint density at radius 1 is 1.29 bits per heavy atom. The maximum atomic E-state index is 11.9. The predicted molar refractivity (Wildman–Crippen MR) is 81.0 cm³/mol. The number of carbonyl (C=O) groups excluding carboxylic acids is 2. The van der Waals surface area contributed by atoms with Crippen molar-refractivity contribution in [3.63, 3.8) is 0 Å². The highest BCUT2D eigenvalue weighted by atomic mass is 16.5. The highest BCUT2D eigenvalue weighted by Gasteiger charge is 2.19. The number of carbonyl (C=O) groups is 2. The first-order valence-corrected chi connectivity index (χ1v) is 7.09. The second-order valence-corrected chi connectivity index (χ2v) is 4.66. The van der Waals surface area contributed by atoms with Crippen molar-refractivity contribution in [2.24, 2.45) is 5.73 Å². The van der Waals surface area contributed by atoms with Gasteiger partial charge in [-0.15, -0.1) is 0 Å². The fourth-order valence-corrected chi connectivity index (χ4v) is 1.78. The molecular formula is C15H23N3O3. The maximum absolute atomic E-state index is 11.9. The van der Waals surface area contributed by atoms with Gasteiger partial charge in [0.1, 0.15) is 5.75 Å². The van der Waals surface area contributed by atoms with Gasteiger partial charge in [-0.25, -0.2) is 4.79 Å². The molecule has 0 aromatic heterocycles. The summed E-state index contributed by atoms with van der Waals surface area (Å²) in [5.74, 6) is 0.0613. The van der Waals surface area contributed by atoms with Gasteiger partial charge in [0.2, 0.25) is 0 Å². The lowest BCUT2D eigenvalue weighted by Crippen LogP contribution is -2.45. The van der Waals surface area contributed by atoms with E-state index in [0.29, 0.717) is 12.3 Å². The van der Waals surface area contributed by atoms with Gasteiger partial charge in [0, 0.05) is 18.2 Å². The number of benzene rings is 1. The SMILES string of the molecule is CCNC(=O)NC(=O)C(C)Oc1ccccc1[C@H](N)CC. The van der Waals surface area contributed by atoms with Crippen LogP contribution < -0.4 is 21.1 Å². The Morgan fingerprint density at radius 2 is 1.95 bits per heavy atom. The highest BCUT2D eigenvalue weighted by molar-refractivity contribution is 5.96. The number of hydrogen-bond donors (Lipinski definition) is 3. The number of nitrogens with two attached hydrogens (primary N) is 1. The first-order valence-electron chi connectivity index (χ1n) is 7.09. The molecule has 0 fully saturated rings. The molecule has 0 aliphatic heterocycles. The Hall–Kier alpha value is -2.08. The number of nitrogens with one attached hydrogen (secondary N) is 2. The number of ether oxygens (including phenoxy) is 1. The largest absolute Gasteiger partial charge is 0.481 e. The number of imide groups is 1. The molecule has 3 amide bonds. The Labute approximate surface area is 125 Å². The average molecular weight is 293 g/mol. The molecule has 1 aromatic carbocycles. The van der Waals surface area contributed by atoms with Crippen molar-refractivity contribution in [2.75, 3.05) is 6.54 Å². The van der Waals surface area contributed by atoms with Gasteiger partial charge in [-0.05, 0) is 26.3 Å². The summed E-state index contributed by atoms with van der Waals surface area (Å²) in [4.78, 5) is 23.2. The zero-order valence-corrected chi connectivity index (χ0v) is 12.7. The Kier molecular flexibility index (Phi) is 6.68. The van der Waals surface area contributed by atoms with Crippen LogP contribution in [0.5, 0.6) is 5.75 Å². The van der Waals surface area contributed by atoms with E-state index in [0.717, 1.165) is 12.0 Å². The van der Waals surface area contributed by atoms with Crippen LogP contribution >= 0.6 is 0 Å². The molecule has 0 saturated heterocycles. The van der Waals surface area contributed by atoms with E-state index in [-0.39, 0.29) is 6.04 Å². The van der Waals surface area contributed by atoms with E-state index in [4.69, 9.17) is 10.5 Å². The third-order valence-electron chi connectivity index (χ3n) is 3.01. The van der Waals surface area contributed by atoms with Crippen molar-refractivity contribution < 1.29 is 14.3 Å². The van der Waals surface area contributed by atoms with Crippen LogP contribution in [0.15, 0.2) is 24.3 Å². The van der Waals surface area contributed by atoms with E-state index in [1.54, 1.807) is 19.9 Å². The van der Waals surface area contributed by atoms with Gasteiger partial charge >= 0.3 is 6.03 Å². The summed E-state index contributed by atoms with van der Waals surface area (Å²) in [5.41, 5.74) is 6.87. The van der Waals surface area contributed by atoms with Crippen LogP contribution in [0.25, 0.3) is 0 Å². The molecule has 0 spiro atoms. The monoisotopic (exact) mass is 293 g/mol. The van der Waals surface area contributed by atoms with Gasteiger partial charge in [-0.3, -0.25) is 10.1 Å². The van der Waals surface area contributed by atoms with E-state index < -0.39 is 18.0 Å². The van der Waals surface area contributed by atoms with Crippen LogP contribution in [0.2, 0.25) is 0 Å². The maximum Gasteiger partial charge on any atom is 0.321 e. The molecule has 116 valence electrons. The molecule has 0 heterocycles. The van der Waals surface area contributed by atoms with Gasteiger partial charge in [-0.2, -0.15) is 0 Å². The number of rotatable bonds is 6. The first-order chi connectivity index (χ1) is 9.99. The number of hydrogen-bond acceptors (Lipinski definition) is 4. The van der Waals surface area contributed by atoms with Crippen LogP contribution in [0.1, 0.15) is 38.8 Å². The van der Waals surface area contributed by atoms with E-state index in [2.05, 4.69) is 10.6 Å². The Morgan fingerprint density at radius 3 is 2.57 bits per heavy atom. The number of amides is 3. The minimum Gasteiger partial charge on any atom is -0.481 e. The summed E-state index contributed by atoms with van der Waals surface area (Å²) in [7, 11) is 0. The lowest BCUT2D eigenvalue weighted by atomic mass is 10.0. The summed E-state index contributed by atoms with van der Waals surface area (Å²) >= 11 is 0. The van der Waals surface area contributed by atoms with Crippen molar-refractivity contribution in [3.8, 4) is 5.75 Å². The summed E-state index contributed by atoms with van der Waals surface area (Å²) in [6, 6.07) is 6.64. The van der Waals surface area contributed by atoms with Gasteiger partial charge in [-0.1, -0.05) is 25.1 Å². The quantitative estimate of drug-likeness (QED) is 0.744. The van der Waals surface area contributed by atoms with Crippen molar-refractivity contribution >= 4 is 11.9 Å². The van der Waals surface area contributed by atoms with Gasteiger partial charge in [0.05, 0.1) is 0 Å². The molecule has 0 radical (unpaired) electrons. The van der Waals surface area contributed by atoms with Crippen molar-refractivity contribution in [3.05, 3.63) is 29.8 Å². The summed E-state index contributed by atoms with van der Waals surface area (Å²) in [5, 5.41) is 4.71. The zero-order chi connectivity index (χ0) is 15.8. The van der Waals surface area contributed by atoms with E-state index in [9.17, 15) is 9.59 Å². The normalized spacial score (nSPS) is 13.1. The number of para-hydroxylation sites is 1. The molecule has 0 aliphatic rings. The van der Waals surface area contributed by atoms with Crippen LogP contribution in [0, 0.1) is 0 Å². The zero-order valence-electron chi connectivity index (χ0n) is 12.7. The van der Waals surface area contributed by atoms with Crippen molar-refractivity contribution in [1.29, 1.82) is 0 Å². The molecule has 0 saturated carbocycles. The van der Waals surface area contributed by atoms with Crippen LogP contribution in [-0.2, 0) is 4.79 Å². The average Bonchev–Trinajstić information content (AvgIpc) is 2.47. The van der Waals surface area contributed by atoms with E-state index in [1.807, 2.05) is 25.1 Å². The standard InChI is InChI=1S/C15H23N3O3/c1-4-12(16)11-8-6-7-9-13(11)21-10(3)14(19)18-15(20)17-5-2/h6-10,12H,4-5,16H2,1-3H3,(H2,17,18,19,20)/t10?,12-/m1/s1. The Bertz CT molecular complexity index is 491.